The van der Waals surface area contributed by atoms with E-state index in [0.29, 0.717) is 34.7 Å². The molecule has 0 unspecified atom stereocenters. The van der Waals surface area contributed by atoms with E-state index in [1.807, 2.05) is 37.3 Å². The van der Waals surface area contributed by atoms with Crippen molar-refractivity contribution in [1.82, 2.24) is 5.43 Å². The lowest BCUT2D eigenvalue weighted by Gasteiger charge is -2.14. The summed E-state index contributed by atoms with van der Waals surface area (Å²) in [6.45, 7) is 2.74. The molecule has 3 rings (SSSR count). The number of ether oxygens (including phenoxy) is 2. The Morgan fingerprint density at radius 1 is 1.10 bits per heavy atom. The Labute approximate surface area is 197 Å². The summed E-state index contributed by atoms with van der Waals surface area (Å²) in [4.78, 5) is 12.1. The zero-order chi connectivity index (χ0) is 22.2. The van der Waals surface area contributed by atoms with Gasteiger partial charge < -0.3 is 14.6 Å². The number of hydrazone groups is 1. The molecule has 0 aliphatic rings. The Hall–Kier alpha value is -2.84. The second kappa shape index (κ2) is 11.0. The van der Waals surface area contributed by atoms with E-state index < -0.39 is 5.91 Å². The van der Waals surface area contributed by atoms with Gasteiger partial charge in [0, 0.05) is 4.47 Å². The average molecular weight is 548 g/mol. The van der Waals surface area contributed by atoms with Gasteiger partial charge in [-0.15, -0.1) is 0 Å². The predicted molar refractivity (Wildman–Crippen MR) is 127 cm³/mol. The van der Waals surface area contributed by atoms with E-state index in [-0.39, 0.29) is 11.3 Å². The van der Waals surface area contributed by atoms with E-state index in [0.717, 1.165) is 10.0 Å². The number of aromatic hydroxyl groups is 1. The van der Waals surface area contributed by atoms with Crippen LogP contribution in [-0.2, 0) is 6.61 Å². The van der Waals surface area contributed by atoms with Crippen molar-refractivity contribution in [3.05, 3.63) is 86.3 Å². The minimum absolute atomic E-state index is 0.108. The molecular weight excluding hydrogens is 528 g/mol. The number of halogens is 2. The highest BCUT2D eigenvalue weighted by atomic mass is 79.9. The third-order valence-corrected chi connectivity index (χ3v) is 5.27. The Kier molecular flexibility index (Phi) is 8.08. The average Bonchev–Trinajstić information content (AvgIpc) is 2.75. The number of benzene rings is 3. The number of amides is 1. The highest BCUT2D eigenvalue weighted by Gasteiger charge is 2.13. The standard InChI is InChI=1S/C23H20Br2N2O4/c1-2-30-21-12-16(13-26-27-23(29)18-5-3-4-6-20(18)28)11-19(25)22(21)31-14-15-7-9-17(24)10-8-15/h3-13,28H,2,14H2,1H3,(H,27,29)/b26-13+. The first kappa shape index (κ1) is 22.8. The number of phenols is 1. The number of nitrogens with one attached hydrogen (secondary N) is 1. The summed E-state index contributed by atoms with van der Waals surface area (Å²) in [6.07, 6.45) is 1.49. The van der Waals surface area contributed by atoms with Crippen molar-refractivity contribution >= 4 is 44.0 Å². The van der Waals surface area contributed by atoms with Crippen LogP contribution in [0.4, 0.5) is 0 Å². The molecule has 6 nitrogen and oxygen atoms in total. The van der Waals surface area contributed by atoms with Gasteiger partial charge in [-0.2, -0.15) is 5.10 Å². The van der Waals surface area contributed by atoms with E-state index in [9.17, 15) is 9.90 Å². The first-order chi connectivity index (χ1) is 15.0. The van der Waals surface area contributed by atoms with Crippen molar-refractivity contribution in [2.45, 2.75) is 13.5 Å². The predicted octanol–water partition coefficient (Wildman–Crippen LogP) is 5.66. The van der Waals surface area contributed by atoms with Crippen LogP contribution in [0.25, 0.3) is 0 Å². The number of carbonyl (C=O) groups excluding carboxylic acids is 1. The molecule has 31 heavy (non-hydrogen) atoms. The molecule has 3 aromatic carbocycles. The summed E-state index contributed by atoms with van der Waals surface area (Å²) >= 11 is 6.95. The van der Waals surface area contributed by atoms with E-state index in [4.69, 9.17) is 9.47 Å². The lowest BCUT2D eigenvalue weighted by molar-refractivity contribution is 0.0952. The third kappa shape index (κ3) is 6.32. The fourth-order valence-corrected chi connectivity index (χ4v) is 3.53. The van der Waals surface area contributed by atoms with Crippen molar-refractivity contribution in [2.75, 3.05) is 6.61 Å². The van der Waals surface area contributed by atoms with Crippen molar-refractivity contribution in [3.63, 3.8) is 0 Å². The summed E-state index contributed by atoms with van der Waals surface area (Å²) in [7, 11) is 0. The van der Waals surface area contributed by atoms with Gasteiger partial charge in [0.15, 0.2) is 11.5 Å². The van der Waals surface area contributed by atoms with E-state index in [2.05, 4.69) is 42.4 Å². The molecule has 0 aliphatic carbocycles. The zero-order valence-corrected chi connectivity index (χ0v) is 19.8. The molecule has 0 bridgehead atoms. The van der Waals surface area contributed by atoms with E-state index in [1.165, 1.54) is 18.3 Å². The van der Waals surface area contributed by atoms with Crippen LogP contribution in [0.1, 0.15) is 28.4 Å². The van der Waals surface area contributed by atoms with Crippen LogP contribution in [0.5, 0.6) is 17.2 Å². The fraction of sp³-hybridized carbons (Fsp3) is 0.130. The number of carbonyl (C=O) groups is 1. The molecule has 1 amide bonds. The maximum atomic E-state index is 12.1. The maximum Gasteiger partial charge on any atom is 0.275 e. The fourth-order valence-electron chi connectivity index (χ4n) is 2.69. The van der Waals surface area contributed by atoms with Crippen LogP contribution in [0.3, 0.4) is 0 Å². The minimum atomic E-state index is -0.507. The quantitative estimate of drug-likeness (QED) is 0.282. The molecule has 0 spiro atoms. The van der Waals surface area contributed by atoms with Gasteiger partial charge in [0.05, 0.1) is 22.9 Å². The topological polar surface area (TPSA) is 80.2 Å². The number of hydrogen-bond donors (Lipinski definition) is 2. The first-order valence-corrected chi connectivity index (χ1v) is 11.0. The van der Waals surface area contributed by atoms with Gasteiger partial charge in [-0.25, -0.2) is 5.43 Å². The molecule has 2 N–H and O–H groups in total. The van der Waals surface area contributed by atoms with Gasteiger partial charge in [0.2, 0.25) is 0 Å². The summed E-state index contributed by atoms with van der Waals surface area (Å²) in [5.74, 6) is 0.527. The van der Waals surface area contributed by atoms with E-state index in [1.54, 1.807) is 18.2 Å². The molecule has 0 saturated heterocycles. The first-order valence-electron chi connectivity index (χ1n) is 9.43. The molecule has 0 aliphatic heterocycles. The van der Waals surface area contributed by atoms with Crippen LogP contribution < -0.4 is 14.9 Å². The number of para-hydroxylation sites is 1. The summed E-state index contributed by atoms with van der Waals surface area (Å²) in [6, 6.07) is 17.7. The van der Waals surface area contributed by atoms with Crippen molar-refractivity contribution in [1.29, 1.82) is 0 Å². The van der Waals surface area contributed by atoms with Gasteiger partial charge >= 0.3 is 0 Å². The van der Waals surface area contributed by atoms with Crippen molar-refractivity contribution < 1.29 is 19.4 Å². The molecule has 0 atom stereocenters. The third-order valence-electron chi connectivity index (χ3n) is 4.16. The molecule has 0 heterocycles. The molecule has 160 valence electrons. The van der Waals surface area contributed by atoms with Crippen LogP contribution in [-0.4, -0.2) is 23.8 Å². The molecule has 0 aromatic heterocycles. The van der Waals surface area contributed by atoms with Crippen molar-refractivity contribution in [3.8, 4) is 17.2 Å². The largest absolute Gasteiger partial charge is 0.507 e. The Balaban J connectivity index is 1.73. The van der Waals surface area contributed by atoms with Gasteiger partial charge in [0.25, 0.3) is 5.91 Å². The highest BCUT2D eigenvalue weighted by Crippen LogP contribution is 2.37. The van der Waals surface area contributed by atoms with Crippen LogP contribution in [0.2, 0.25) is 0 Å². The number of rotatable bonds is 8. The van der Waals surface area contributed by atoms with Gasteiger partial charge in [-0.3, -0.25) is 4.79 Å². The summed E-state index contributed by atoms with van der Waals surface area (Å²) < 4.78 is 13.4. The van der Waals surface area contributed by atoms with Crippen molar-refractivity contribution in [2.24, 2.45) is 5.10 Å². The van der Waals surface area contributed by atoms with Gasteiger partial charge in [-0.1, -0.05) is 40.2 Å². The van der Waals surface area contributed by atoms with Crippen LogP contribution in [0, 0.1) is 0 Å². The lowest BCUT2D eigenvalue weighted by atomic mass is 10.2. The van der Waals surface area contributed by atoms with Crippen LogP contribution in [0.15, 0.2) is 74.7 Å². The number of hydrogen-bond acceptors (Lipinski definition) is 5. The van der Waals surface area contributed by atoms with Crippen LogP contribution >= 0.6 is 31.9 Å². The van der Waals surface area contributed by atoms with Gasteiger partial charge in [-0.05, 0) is 70.4 Å². The summed E-state index contributed by atoms with van der Waals surface area (Å²) in [5, 5.41) is 13.7. The Morgan fingerprint density at radius 3 is 2.55 bits per heavy atom. The minimum Gasteiger partial charge on any atom is -0.507 e. The molecule has 0 radical (unpaired) electrons. The smallest absolute Gasteiger partial charge is 0.275 e. The normalized spacial score (nSPS) is 10.8. The molecule has 3 aromatic rings. The second-order valence-electron chi connectivity index (χ2n) is 6.39. The van der Waals surface area contributed by atoms with E-state index >= 15 is 0 Å². The second-order valence-corrected chi connectivity index (χ2v) is 8.16. The molecule has 8 heteroatoms. The number of nitrogens with zero attached hydrogens (tertiary/aromatic N) is 1. The molecular formula is C23H20Br2N2O4. The molecule has 0 saturated carbocycles. The highest BCUT2D eigenvalue weighted by molar-refractivity contribution is 9.10. The number of phenolic OH excluding ortho intramolecular Hbond substituents is 1. The Bertz CT molecular complexity index is 1090. The Morgan fingerprint density at radius 2 is 1.84 bits per heavy atom. The molecule has 0 fully saturated rings. The monoisotopic (exact) mass is 546 g/mol. The SMILES string of the molecule is CCOc1cc(/C=N/NC(=O)c2ccccc2O)cc(Br)c1OCc1ccc(Br)cc1. The summed E-state index contributed by atoms with van der Waals surface area (Å²) in [5.41, 5.74) is 4.27. The lowest BCUT2D eigenvalue weighted by Crippen LogP contribution is -2.17. The zero-order valence-electron chi connectivity index (χ0n) is 16.6. The maximum absolute atomic E-state index is 12.1. The van der Waals surface area contributed by atoms with Gasteiger partial charge in [0.1, 0.15) is 12.4 Å².